The second kappa shape index (κ2) is 4.07. The standard InChI is InChI=1S/C12H11NO5S/c13-19(15,16)18-9-4-7-2-1-3-8-5-11(14)17-10(6-9)12(7)8/h4-6H,1-3H2,(H2,13,15,16). The molecule has 19 heavy (non-hydrogen) atoms. The summed E-state index contributed by atoms with van der Waals surface area (Å²) in [6.07, 6.45) is 2.48. The van der Waals surface area contributed by atoms with Gasteiger partial charge in [-0.05, 0) is 36.5 Å². The predicted octanol–water partition coefficient (Wildman–Crippen LogP) is 0.864. The Morgan fingerprint density at radius 1 is 1.16 bits per heavy atom. The van der Waals surface area contributed by atoms with Crippen LogP contribution in [0.4, 0.5) is 0 Å². The van der Waals surface area contributed by atoms with Gasteiger partial charge in [0.1, 0.15) is 11.3 Å². The van der Waals surface area contributed by atoms with Gasteiger partial charge in [0.05, 0.1) is 0 Å². The minimum Gasteiger partial charge on any atom is -0.423 e. The van der Waals surface area contributed by atoms with Crippen molar-refractivity contribution in [3.8, 4) is 5.75 Å². The van der Waals surface area contributed by atoms with E-state index in [0.717, 1.165) is 35.8 Å². The lowest BCUT2D eigenvalue weighted by atomic mass is 9.91. The first-order chi connectivity index (χ1) is 8.92. The molecule has 100 valence electrons. The maximum absolute atomic E-state index is 11.4. The van der Waals surface area contributed by atoms with Gasteiger partial charge in [-0.25, -0.2) is 4.79 Å². The number of rotatable bonds is 2. The summed E-state index contributed by atoms with van der Waals surface area (Å²) < 4.78 is 31.6. The third-order valence-corrected chi connectivity index (χ3v) is 3.51. The lowest BCUT2D eigenvalue weighted by molar-refractivity contribution is 0.486. The molecular weight excluding hydrogens is 270 g/mol. The van der Waals surface area contributed by atoms with Crippen molar-refractivity contribution in [2.45, 2.75) is 19.3 Å². The van der Waals surface area contributed by atoms with Gasteiger partial charge in [0.15, 0.2) is 0 Å². The molecule has 1 aliphatic rings. The SMILES string of the molecule is NS(=O)(=O)Oc1cc2c3c(cc(=O)oc3c1)CCC2. The quantitative estimate of drug-likeness (QED) is 0.823. The zero-order valence-electron chi connectivity index (χ0n) is 9.88. The van der Waals surface area contributed by atoms with E-state index in [-0.39, 0.29) is 5.75 Å². The molecule has 0 spiro atoms. The lowest BCUT2D eigenvalue weighted by Crippen LogP contribution is -2.19. The first-order valence-corrected chi connectivity index (χ1v) is 7.21. The van der Waals surface area contributed by atoms with Crippen LogP contribution in [-0.2, 0) is 23.1 Å². The highest BCUT2D eigenvalue weighted by molar-refractivity contribution is 7.84. The fourth-order valence-corrected chi connectivity index (χ4v) is 2.85. The van der Waals surface area contributed by atoms with E-state index in [0.29, 0.717) is 5.58 Å². The molecule has 0 amide bonds. The molecule has 0 atom stereocenters. The first kappa shape index (κ1) is 12.2. The molecule has 0 radical (unpaired) electrons. The van der Waals surface area contributed by atoms with Crippen molar-refractivity contribution >= 4 is 21.3 Å². The normalized spacial score (nSPS) is 14.6. The average Bonchev–Trinajstić information content (AvgIpc) is 2.25. The second-order valence-corrected chi connectivity index (χ2v) is 5.63. The topological polar surface area (TPSA) is 99.6 Å². The van der Waals surface area contributed by atoms with Gasteiger partial charge in [0.2, 0.25) is 0 Å². The molecule has 0 fully saturated rings. The molecule has 0 bridgehead atoms. The number of aryl methyl sites for hydroxylation is 2. The highest BCUT2D eigenvalue weighted by Crippen LogP contribution is 2.32. The van der Waals surface area contributed by atoms with Gasteiger partial charge >= 0.3 is 15.9 Å². The van der Waals surface area contributed by atoms with E-state index >= 15 is 0 Å². The lowest BCUT2D eigenvalue weighted by Gasteiger charge is -2.16. The molecular formula is C12H11NO5S. The Morgan fingerprint density at radius 3 is 2.53 bits per heavy atom. The van der Waals surface area contributed by atoms with Crippen LogP contribution >= 0.6 is 0 Å². The molecule has 1 heterocycles. The van der Waals surface area contributed by atoms with Crippen LogP contribution in [0.5, 0.6) is 5.75 Å². The largest absolute Gasteiger partial charge is 0.423 e. The Kier molecular flexibility index (Phi) is 2.61. The number of benzene rings is 1. The monoisotopic (exact) mass is 281 g/mol. The summed E-state index contributed by atoms with van der Waals surface area (Å²) in [4.78, 5) is 11.4. The minimum absolute atomic E-state index is 0.0622. The van der Waals surface area contributed by atoms with E-state index in [9.17, 15) is 13.2 Å². The van der Waals surface area contributed by atoms with E-state index in [1.54, 1.807) is 6.07 Å². The fraction of sp³-hybridized carbons (Fsp3) is 0.250. The molecule has 6 nitrogen and oxygen atoms in total. The molecule has 1 aromatic carbocycles. The smallest absolute Gasteiger partial charge is 0.380 e. The van der Waals surface area contributed by atoms with Gasteiger partial charge < -0.3 is 8.60 Å². The number of hydrogen-bond donors (Lipinski definition) is 1. The first-order valence-electron chi connectivity index (χ1n) is 5.74. The van der Waals surface area contributed by atoms with Gasteiger partial charge in [-0.1, -0.05) is 0 Å². The molecule has 1 aliphatic carbocycles. The van der Waals surface area contributed by atoms with Crippen molar-refractivity contribution in [3.05, 3.63) is 39.7 Å². The molecule has 2 aromatic rings. The van der Waals surface area contributed by atoms with E-state index in [2.05, 4.69) is 4.18 Å². The summed E-state index contributed by atoms with van der Waals surface area (Å²) in [5.41, 5.74) is 1.71. The third kappa shape index (κ3) is 2.34. The van der Waals surface area contributed by atoms with Crippen LogP contribution in [-0.4, -0.2) is 8.42 Å². The third-order valence-electron chi connectivity index (χ3n) is 3.09. The highest BCUT2D eigenvalue weighted by atomic mass is 32.2. The molecule has 1 aromatic heterocycles. The van der Waals surface area contributed by atoms with E-state index in [1.165, 1.54) is 12.1 Å². The van der Waals surface area contributed by atoms with E-state index < -0.39 is 15.9 Å². The van der Waals surface area contributed by atoms with Gasteiger partial charge in [-0.2, -0.15) is 13.6 Å². The maximum atomic E-state index is 11.4. The Morgan fingerprint density at radius 2 is 1.84 bits per heavy atom. The Bertz CT molecular complexity index is 822. The maximum Gasteiger partial charge on any atom is 0.380 e. The number of hydrogen-bond acceptors (Lipinski definition) is 5. The minimum atomic E-state index is -4.09. The van der Waals surface area contributed by atoms with E-state index in [4.69, 9.17) is 9.56 Å². The zero-order valence-corrected chi connectivity index (χ0v) is 10.7. The Balaban J connectivity index is 2.28. The number of nitrogens with two attached hydrogens (primary N) is 1. The molecule has 0 unspecified atom stereocenters. The van der Waals surface area contributed by atoms with Crippen molar-refractivity contribution in [2.24, 2.45) is 5.14 Å². The highest BCUT2D eigenvalue weighted by Gasteiger charge is 2.18. The summed E-state index contributed by atoms with van der Waals surface area (Å²) in [5.74, 6) is 0.0622. The van der Waals surface area contributed by atoms with E-state index in [1.807, 2.05) is 0 Å². The van der Waals surface area contributed by atoms with Gasteiger partial charge in [0, 0.05) is 17.5 Å². The van der Waals surface area contributed by atoms with Crippen molar-refractivity contribution in [1.29, 1.82) is 0 Å². The van der Waals surface area contributed by atoms with Crippen molar-refractivity contribution in [2.75, 3.05) is 0 Å². The summed E-state index contributed by atoms with van der Waals surface area (Å²) in [5, 5.41) is 5.70. The van der Waals surface area contributed by atoms with Crippen LogP contribution in [0.25, 0.3) is 11.0 Å². The van der Waals surface area contributed by atoms with Crippen molar-refractivity contribution < 1.29 is 17.0 Å². The van der Waals surface area contributed by atoms with Crippen LogP contribution < -0.4 is 14.9 Å². The summed E-state index contributed by atoms with van der Waals surface area (Å²) in [7, 11) is -4.09. The Hall–Kier alpha value is -1.86. The molecule has 0 aliphatic heterocycles. The zero-order chi connectivity index (χ0) is 13.6. The summed E-state index contributed by atoms with van der Waals surface area (Å²) >= 11 is 0. The fourth-order valence-electron chi connectivity index (χ4n) is 2.49. The molecule has 7 heteroatoms. The molecule has 0 saturated heterocycles. The molecule has 3 rings (SSSR count). The Labute approximate surface area is 109 Å². The predicted molar refractivity (Wildman–Crippen MR) is 68.2 cm³/mol. The van der Waals surface area contributed by atoms with Crippen LogP contribution in [0.1, 0.15) is 17.5 Å². The van der Waals surface area contributed by atoms with Gasteiger partial charge in [-0.15, -0.1) is 0 Å². The van der Waals surface area contributed by atoms with Crippen LogP contribution in [0, 0.1) is 0 Å². The van der Waals surface area contributed by atoms with Gasteiger partial charge in [0.25, 0.3) is 0 Å². The van der Waals surface area contributed by atoms with Crippen LogP contribution in [0.3, 0.4) is 0 Å². The van der Waals surface area contributed by atoms with Crippen molar-refractivity contribution in [1.82, 2.24) is 0 Å². The summed E-state index contributed by atoms with van der Waals surface area (Å²) in [6, 6.07) is 4.47. The van der Waals surface area contributed by atoms with Crippen molar-refractivity contribution in [3.63, 3.8) is 0 Å². The average molecular weight is 281 g/mol. The van der Waals surface area contributed by atoms with Crippen LogP contribution in [0.2, 0.25) is 0 Å². The molecule has 0 saturated carbocycles. The molecule has 2 N–H and O–H groups in total. The van der Waals surface area contributed by atoms with Gasteiger partial charge in [-0.3, -0.25) is 0 Å². The summed E-state index contributed by atoms with van der Waals surface area (Å²) in [6.45, 7) is 0. The second-order valence-electron chi connectivity index (χ2n) is 4.48. The van der Waals surface area contributed by atoms with Crippen LogP contribution in [0.15, 0.2) is 27.4 Å².